The maximum Gasteiger partial charge on any atom is 0.340 e. The topological polar surface area (TPSA) is 93.7 Å². The van der Waals surface area contributed by atoms with Crippen molar-refractivity contribution in [3.05, 3.63) is 29.3 Å². The summed E-state index contributed by atoms with van der Waals surface area (Å²) in [5.41, 5.74) is 0.413. The quantitative estimate of drug-likeness (QED) is 0.615. The Balaban J connectivity index is 2.73. The standard InChI is InChI=1S/C14H17ClN2O5/c1-3-21-12(18)11(13(19)22-4-2)17-14(20)16-10-7-5-6-9(15)8-10/h5-8,11H,3-4H2,1-2H3,(H2,16,17,20). The predicted molar refractivity (Wildman–Crippen MR) is 80.7 cm³/mol. The molecule has 0 bridgehead atoms. The van der Waals surface area contributed by atoms with E-state index in [0.717, 1.165) is 0 Å². The number of hydrogen-bond acceptors (Lipinski definition) is 5. The van der Waals surface area contributed by atoms with Crippen LogP contribution < -0.4 is 10.6 Å². The van der Waals surface area contributed by atoms with Crippen molar-refractivity contribution < 1.29 is 23.9 Å². The molecule has 0 unspecified atom stereocenters. The van der Waals surface area contributed by atoms with E-state index < -0.39 is 24.0 Å². The minimum absolute atomic E-state index is 0.0757. The van der Waals surface area contributed by atoms with Gasteiger partial charge in [0.1, 0.15) is 0 Å². The molecule has 0 saturated heterocycles. The van der Waals surface area contributed by atoms with E-state index in [1.54, 1.807) is 32.0 Å². The molecular weight excluding hydrogens is 312 g/mol. The maximum atomic E-state index is 11.9. The van der Waals surface area contributed by atoms with Gasteiger partial charge in [-0.1, -0.05) is 17.7 Å². The first kappa shape index (κ1) is 17.8. The number of benzene rings is 1. The first-order chi connectivity index (χ1) is 10.5. The van der Waals surface area contributed by atoms with Crippen molar-refractivity contribution in [3.8, 4) is 0 Å². The van der Waals surface area contributed by atoms with Crippen LogP contribution in [0, 0.1) is 0 Å². The zero-order chi connectivity index (χ0) is 16.5. The summed E-state index contributed by atoms with van der Waals surface area (Å²) < 4.78 is 9.48. The number of rotatable bonds is 6. The highest BCUT2D eigenvalue weighted by Gasteiger charge is 2.31. The van der Waals surface area contributed by atoms with Crippen LogP contribution in [0.25, 0.3) is 0 Å². The molecule has 0 heterocycles. The van der Waals surface area contributed by atoms with E-state index in [1.165, 1.54) is 6.07 Å². The maximum absolute atomic E-state index is 11.9. The van der Waals surface area contributed by atoms with Crippen LogP contribution in [0.4, 0.5) is 10.5 Å². The summed E-state index contributed by atoms with van der Waals surface area (Å²) in [5, 5.41) is 5.10. The molecule has 0 aliphatic heterocycles. The Labute approximate surface area is 132 Å². The van der Waals surface area contributed by atoms with Gasteiger partial charge in [-0.15, -0.1) is 0 Å². The van der Waals surface area contributed by atoms with Gasteiger partial charge in [0.15, 0.2) is 0 Å². The van der Waals surface area contributed by atoms with Crippen LogP contribution in [0.2, 0.25) is 5.02 Å². The summed E-state index contributed by atoms with van der Waals surface area (Å²) in [6.07, 6.45) is 0. The number of anilines is 1. The molecule has 7 nitrogen and oxygen atoms in total. The minimum Gasteiger partial charge on any atom is -0.464 e. The molecule has 1 rings (SSSR count). The summed E-state index contributed by atoms with van der Waals surface area (Å²) in [7, 11) is 0. The molecule has 8 heteroatoms. The first-order valence-electron chi connectivity index (χ1n) is 6.64. The molecule has 0 saturated carbocycles. The molecule has 0 spiro atoms. The van der Waals surface area contributed by atoms with Crippen molar-refractivity contribution in [3.63, 3.8) is 0 Å². The van der Waals surface area contributed by atoms with Gasteiger partial charge in [0.25, 0.3) is 0 Å². The summed E-state index contributed by atoms with van der Waals surface area (Å²) in [6.45, 7) is 3.33. The zero-order valence-electron chi connectivity index (χ0n) is 12.2. The largest absolute Gasteiger partial charge is 0.464 e. The summed E-state index contributed by atoms with van der Waals surface area (Å²) in [5.74, 6) is -1.77. The molecule has 0 aromatic heterocycles. The molecule has 0 fully saturated rings. The van der Waals surface area contributed by atoms with Gasteiger partial charge in [0.05, 0.1) is 13.2 Å². The Morgan fingerprint density at radius 1 is 1.14 bits per heavy atom. The van der Waals surface area contributed by atoms with Crippen molar-refractivity contribution in [2.75, 3.05) is 18.5 Å². The third-order valence-corrected chi connectivity index (χ3v) is 2.64. The van der Waals surface area contributed by atoms with Crippen LogP contribution in [0.1, 0.15) is 13.8 Å². The molecule has 0 aliphatic carbocycles. The lowest BCUT2D eigenvalue weighted by molar-refractivity contribution is -0.157. The van der Waals surface area contributed by atoms with Gasteiger partial charge in [-0.3, -0.25) is 0 Å². The van der Waals surface area contributed by atoms with Crippen molar-refractivity contribution >= 4 is 35.3 Å². The first-order valence-corrected chi connectivity index (χ1v) is 7.02. The Morgan fingerprint density at radius 3 is 2.23 bits per heavy atom. The zero-order valence-corrected chi connectivity index (χ0v) is 13.0. The molecule has 22 heavy (non-hydrogen) atoms. The number of esters is 2. The van der Waals surface area contributed by atoms with E-state index in [-0.39, 0.29) is 13.2 Å². The molecule has 0 radical (unpaired) electrons. The number of hydrogen-bond donors (Lipinski definition) is 2. The molecule has 1 aromatic carbocycles. The number of urea groups is 1. The van der Waals surface area contributed by atoms with E-state index in [9.17, 15) is 14.4 Å². The molecule has 120 valence electrons. The lowest BCUT2D eigenvalue weighted by atomic mass is 10.3. The van der Waals surface area contributed by atoms with E-state index in [2.05, 4.69) is 10.6 Å². The van der Waals surface area contributed by atoms with Crippen LogP contribution in [-0.2, 0) is 19.1 Å². The SMILES string of the molecule is CCOC(=O)C(NC(=O)Nc1cccc(Cl)c1)C(=O)OCC. The van der Waals surface area contributed by atoms with Gasteiger partial charge in [-0.25, -0.2) is 14.4 Å². The second kappa shape index (κ2) is 8.89. The second-order valence-electron chi connectivity index (χ2n) is 4.05. The minimum atomic E-state index is -1.53. The number of carbonyl (C=O) groups is 3. The highest BCUT2D eigenvalue weighted by atomic mass is 35.5. The molecule has 2 N–H and O–H groups in total. The highest BCUT2D eigenvalue weighted by molar-refractivity contribution is 6.30. The number of amides is 2. The van der Waals surface area contributed by atoms with Gasteiger partial charge < -0.3 is 20.1 Å². The third kappa shape index (κ3) is 5.61. The van der Waals surface area contributed by atoms with Crippen LogP contribution >= 0.6 is 11.6 Å². The van der Waals surface area contributed by atoms with Crippen molar-refractivity contribution in [2.24, 2.45) is 0 Å². The normalized spacial score (nSPS) is 10.0. The summed E-state index contributed by atoms with van der Waals surface area (Å²) in [6, 6.07) is 4.13. The predicted octanol–water partition coefficient (Wildman–Crippen LogP) is 1.96. The molecule has 0 aliphatic rings. The molecule has 0 atom stereocenters. The fourth-order valence-electron chi connectivity index (χ4n) is 1.53. The number of nitrogens with one attached hydrogen (secondary N) is 2. The lowest BCUT2D eigenvalue weighted by Gasteiger charge is -2.16. The summed E-state index contributed by atoms with van der Waals surface area (Å²) >= 11 is 5.80. The summed E-state index contributed by atoms with van der Waals surface area (Å²) in [4.78, 5) is 35.3. The van der Waals surface area contributed by atoms with E-state index in [1.807, 2.05) is 0 Å². The van der Waals surface area contributed by atoms with Crippen molar-refractivity contribution in [2.45, 2.75) is 19.9 Å². The fourth-order valence-corrected chi connectivity index (χ4v) is 1.72. The number of carbonyl (C=O) groups excluding carboxylic acids is 3. The average Bonchev–Trinajstić information content (AvgIpc) is 2.45. The monoisotopic (exact) mass is 328 g/mol. The highest BCUT2D eigenvalue weighted by Crippen LogP contribution is 2.14. The van der Waals surface area contributed by atoms with Gasteiger partial charge in [-0.2, -0.15) is 0 Å². The number of ether oxygens (including phenoxy) is 2. The van der Waals surface area contributed by atoms with Gasteiger partial charge in [-0.05, 0) is 32.0 Å². The Kier molecular flexibility index (Phi) is 7.18. The average molecular weight is 329 g/mol. The lowest BCUT2D eigenvalue weighted by Crippen LogP contribution is -2.49. The van der Waals surface area contributed by atoms with Crippen LogP contribution in [0.3, 0.4) is 0 Å². The number of halogens is 1. The molecule has 2 amide bonds. The van der Waals surface area contributed by atoms with Crippen LogP contribution in [0.5, 0.6) is 0 Å². The van der Waals surface area contributed by atoms with Crippen molar-refractivity contribution in [1.29, 1.82) is 0 Å². The Bertz CT molecular complexity index is 532. The van der Waals surface area contributed by atoms with Gasteiger partial charge in [0, 0.05) is 10.7 Å². The van der Waals surface area contributed by atoms with Crippen molar-refractivity contribution in [1.82, 2.24) is 5.32 Å². The van der Waals surface area contributed by atoms with Gasteiger partial charge >= 0.3 is 18.0 Å². The van der Waals surface area contributed by atoms with E-state index in [4.69, 9.17) is 21.1 Å². The van der Waals surface area contributed by atoms with Crippen LogP contribution in [-0.4, -0.2) is 37.2 Å². The van der Waals surface area contributed by atoms with Crippen LogP contribution in [0.15, 0.2) is 24.3 Å². The molecule has 1 aromatic rings. The molecular formula is C14H17ClN2O5. The van der Waals surface area contributed by atoms with E-state index >= 15 is 0 Å². The van der Waals surface area contributed by atoms with E-state index in [0.29, 0.717) is 10.7 Å². The Morgan fingerprint density at radius 2 is 1.73 bits per heavy atom. The fraction of sp³-hybridized carbons (Fsp3) is 0.357. The smallest absolute Gasteiger partial charge is 0.340 e. The van der Waals surface area contributed by atoms with Gasteiger partial charge in [0.2, 0.25) is 6.04 Å². The Hall–Kier alpha value is -2.28. The third-order valence-electron chi connectivity index (χ3n) is 2.40. The second-order valence-corrected chi connectivity index (χ2v) is 4.48.